The van der Waals surface area contributed by atoms with E-state index < -0.39 is 5.54 Å². The van der Waals surface area contributed by atoms with Crippen molar-refractivity contribution in [2.75, 3.05) is 13.2 Å². The molecule has 5 heteroatoms. The number of hydrogen-bond donors (Lipinski definition) is 0. The second-order valence-electron chi connectivity index (χ2n) is 5.33. The first-order valence-electron chi connectivity index (χ1n) is 6.86. The van der Waals surface area contributed by atoms with Crippen LogP contribution in [0.1, 0.15) is 36.8 Å². The second-order valence-corrected chi connectivity index (χ2v) is 6.12. The smallest absolute Gasteiger partial charge is 0.235 e. The Balaban J connectivity index is 2.18. The Morgan fingerprint density at radius 2 is 2.00 bits per heavy atom. The third kappa shape index (κ3) is 2.05. The van der Waals surface area contributed by atoms with Crippen LogP contribution < -0.4 is 9.47 Å². The van der Waals surface area contributed by atoms with Crippen LogP contribution in [0.25, 0.3) is 0 Å². The van der Waals surface area contributed by atoms with E-state index in [1.54, 1.807) is 6.08 Å². The molecule has 0 bridgehead atoms. The van der Waals surface area contributed by atoms with E-state index >= 15 is 0 Å². The molecule has 1 fully saturated rings. The van der Waals surface area contributed by atoms with Crippen molar-refractivity contribution in [2.24, 2.45) is 4.99 Å². The number of fused-ring (bicyclic) bond motifs is 1. The number of isocyanates is 1. The molecule has 0 amide bonds. The molecule has 3 rings (SSSR count). The summed E-state index contributed by atoms with van der Waals surface area (Å²) in [5.41, 5.74) is 1.68. The predicted molar refractivity (Wildman–Crippen MR) is 78.1 cm³/mol. The van der Waals surface area contributed by atoms with E-state index in [4.69, 9.17) is 9.47 Å². The van der Waals surface area contributed by atoms with Gasteiger partial charge >= 0.3 is 0 Å². The molecule has 2 aliphatic rings. The monoisotopic (exact) mass is 337 g/mol. The van der Waals surface area contributed by atoms with Crippen molar-refractivity contribution in [1.82, 2.24) is 0 Å². The van der Waals surface area contributed by atoms with E-state index in [1.165, 1.54) is 0 Å². The minimum atomic E-state index is -0.440. The van der Waals surface area contributed by atoms with E-state index in [0.29, 0.717) is 13.2 Å². The lowest BCUT2D eigenvalue weighted by Gasteiger charge is -2.29. The summed E-state index contributed by atoms with van der Waals surface area (Å²) in [5, 5.41) is 0. The number of carbonyl (C=O) groups excluding carboxylic acids is 1. The van der Waals surface area contributed by atoms with Crippen molar-refractivity contribution >= 4 is 22.0 Å². The summed E-state index contributed by atoms with van der Waals surface area (Å²) >= 11 is 3.59. The van der Waals surface area contributed by atoms with Gasteiger partial charge in [0.2, 0.25) is 6.08 Å². The Bertz CT molecular complexity index is 587. The Hall–Kier alpha value is -1.32. The number of nitrogens with zero attached hydrogens (tertiary/aromatic N) is 1. The van der Waals surface area contributed by atoms with Crippen LogP contribution in [-0.4, -0.2) is 19.3 Å². The zero-order valence-electron chi connectivity index (χ0n) is 11.4. The van der Waals surface area contributed by atoms with Gasteiger partial charge in [0.05, 0.1) is 10.0 Å². The molecule has 4 nitrogen and oxygen atoms in total. The molecule has 1 aliphatic heterocycles. The maximum absolute atomic E-state index is 10.9. The van der Waals surface area contributed by atoms with Gasteiger partial charge in [-0.3, -0.25) is 0 Å². The third-order valence-electron chi connectivity index (χ3n) is 4.21. The molecule has 106 valence electrons. The van der Waals surface area contributed by atoms with Gasteiger partial charge < -0.3 is 9.47 Å². The van der Waals surface area contributed by atoms with Crippen molar-refractivity contribution < 1.29 is 14.3 Å². The van der Waals surface area contributed by atoms with Gasteiger partial charge in [-0.05, 0) is 52.9 Å². The maximum Gasteiger partial charge on any atom is 0.235 e. The summed E-state index contributed by atoms with van der Waals surface area (Å²) < 4.78 is 12.3. The van der Waals surface area contributed by atoms with Crippen LogP contribution in [0.3, 0.4) is 0 Å². The van der Waals surface area contributed by atoms with Crippen molar-refractivity contribution in [3.8, 4) is 11.5 Å². The molecule has 0 saturated heterocycles. The Labute approximate surface area is 126 Å². The van der Waals surface area contributed by atoms with Gasteiger partial charge in [-0.1, -0.05) is 12.8 Å². The minimum absolute atomic E-state index is 0.440. The van der Waals surface area contributed by atoms with E-state index in [9.17, 15) is 4.79 Å². The highest BCUT2D eigenvalue weighted by Gasteiger charge is 2.38. The number of aliphatic imine (C=N–C) groups is 1. The summed E-state index contributed by atoms with van der Waals surface area (Å²) in [6, 6.07) is 1.99. The van der Waals surface area contributed by atoms with Crippen LogP contribution >= 0.6 is 15.9 Å². The van der Waals surface area contributed by atoms with Gasteiger partial charge in [0.15, 0.2) is 11.5 Å². The lowest BCUT2D eigenvalue weighted by molar-refractivity contribution is 0.169. The van der Waals surface area contributed by atoms with Crippen molar-refractivity contribution in [1.29, 1.82) is 0 Å². The lowest BCUT2D eigenvalue weighted by Crippen LogP contribution is -2.23. The lowest BCUT2D eigenvalue weighted by atomic mass is 9.85. The average molecular weight is 338 g/mol. The molecule has 1 aromatic rings. The summed E-state index contributed by atoms with van der Waals surface area (Å²) in [6.07, 6.45) is 5.69. The first-order chi connectivity index (χ1) is 9.68. The molecule has 0 aromatic heterocycles. The first-order valence-corrected chi connectivity index (χ1v) is 7.65. The molecule has 0 atom stereocenters. The van der Waals surface area contributed by atoms with Crippen molar-refractivity contribution in [3.05, 3.63) is 21.7 Å². The maximum atomic E-state index is 10.9. The normalized spacial score (nSPS) is 19.5. The number of hydrogen-bond acceptors (Lipinski definition) is 4. The van der Waals surface area contributed by atoms with Gasteiger partial charge in [-0.2, -0.15) is 4.99 Å². The summed E-state index contributed by atoms with van der Waals surface area (Å²) in [5.74, 6) is 1.48. The minimum Gasteiger partial charge on any atom is -0.486 e. The molecular weight excluding hydrogens is 322 g/mol. The Morgan fingerprint density at radius 3 is 2.70 bits per heavy atom. The number of halogens is 1. The van der Waals surface area contributed by atoms with Gasteiger partial charge in [-0.15, -0.1) is 0 Å². The summed E-state index contributed by atoms with van der Waals surface area (Å²) in [6.45, 7) is 3.13. The second kappa shape index (κ2) is 5.23. The van der Waals surface area contributed by atoms with Gasteiger partial charge in [0.25, 0.3) is 0 Å². The van der Waals surface area contributed by atoms with E-state index in [0.717, 1.165) is 52.8 Å². The van der Waals surface area contributed by atoms with Gasteiger partial charge in [-0.25, -0.2) is 4.79 Å². The summed E-state index contributed by atoms with van der Waals surface area (Å²) in [4.78, 5) is 15.0. The molecule has 0 spiro atoms. The molecule has 1 aromatic carbocycles. The predicted octanol–water partition coefficient (Wildman–Crippen LogP) is 3.63. The van der Waals surface area contributed by atoms with Crippen molar-refractivity contribution in [2.45, 2.75) is 38.1 Å². The van der Waals surface area contributed by atoms with E-state index in [1.807, 2.05) is 13.0 Å². The first kappa shape index (κ1) is 13.7. The fraction of sp³-hybridized carbons (Fsp3) is 0.533. The van der Waals surface area contributed by atoms with Crippen LogP contribution in [0.2, 0.25) is 0 Å². The highest BCUT2D eigenvalue weighted by molar-refractivity contribution is 9.10. The van der Waals surface area contributed by atoms with Crippen LogP contribution in [0.5, 0.6) is 11.5 Å². The number of benzene rings is 1. The van der Waals surface area contributed by atoms with Crippen LogP contribution in [0.15, 0.2) is 15.5 Å². The zero-order chi connectivity index (χ0) is 14.2. The van der Waals surface area contributed by atoms with Gasteiger partial charge in [0.1, 0.15) is 13.2 Å². The van der Waals surface area contributed by atoms with Crippen LogP contribution in [0.4, 0.5) is 0 Å². The highest BCUT2D eigenvalue weighted by atomic mass is 79.9. The Morgan fingerprint density at radius 1 is 1.30 bits per heavy atom. The standard InChI is InChI=1S/C15H16BrNO3/c1-10-11(15(17-9-18)4-2-3-5-15)8-12-14(13(10)16)20-7-6-19-12/h8H,2-7H2,1H3. The SMILES string of the molecule is Cc1c(C2(N=C=O)CCCC2)cc2c(c1Br)OCCO2. The largest absolute Gasteiger partial charge is 0.486 e. The van der Waals surface area contributed by atoms with E-state index in [-0.39, 0.29) is 0 Å². The topological polar surface area (TPSA) is 47.9 Å². The molecule has 1 saturated carbocycles. The van der Waals surface area contributed by atoms with E-state index in [2.05, 4.69) is 20.9 Å². The molecular formula is C15H16BrNO3. The number of ether oxygens (including phenoxy) is 2. The fourth-order valence-electron chi connectivity index (χ4n) is 3.21. The molecule has 1 heterocycles. The van der Waals surface area contributed by atoms with Crippen LogP contribution in [0, 0.1) is 6.92 Å². The third-order valence-corrected chi connectivity index (χ3v) is 5.17. The summed E-state index contributed by atoms with van der Waals surface area (Å²) in [7, 11) is 0. The zero-order valence-corrected chi connectivity index (χ0v) is 13.0. The van der Waals surface area contributed by atoms with Crippen molar-refractivity contribution in [3.63, 3.8) is 0 Å². The fourth-order valence-corrected chi connectivity index (χ4v) is 3.73. The average Bonchev–Trinajstić information content (AvgIpc) is 2.93. The number of rotatable bonds is 2. The molecule has 0 radical (unpaired) electrons. The highest BCUT2D eigenvalue weighted by Crippen LogP contribution is 2.49. The molecule has 0 unspecified atom stereocenters. The van der Waals surface area contributed by atoms with Gasteiger partial charge in [0, 0.05) is 0 Å². The molecule has 20 heavy (non-hydrogen) atoms. The molecule has 1 aliphatic carbocycles. The van der Waals surface area contributed by atoms with Crippen LogP contribution in [-0.2, 0) is 10.3 Å². The molecule has 0 N–H and O–H groups in total. The quantitative estimate of drug-likeness (QED) is 0.611. The Kier molecular flexibility index (Phi) is 3.57.